The van der Waals surface area contributed by atoms with Crippen molar-refractivity contribution in [3.05, 3.63) is 33.8 Å². The van der Waals surface area contributed by atoms with Gasteiger partial charge in [-0.15, -0.1) is 0 Å². The Bertz CT molecular complexity index is 355. The third-order valence-corrected chi connectivity index (χ3v) is 2.72. The molecule has 1 amide bonds. The van der Waals surface area contributed by atoms with Gasteiger partial charge in [0, 0.05) is 0 Å². The topological polar surface area (TPSA) is 55.1 Å². The first kappa shape index (κ1) is 11.3. The van der Waals surface area contributed by atoms with Crippen molar-refractivity contribution < 1.29 is 4.79 Å². The van der Waals surface area contributed by atoms with Gasteiger partial charge in [-0.2, -0.15) is 0 Å². The predicted octanol–water partition coefficient (Wildman–Crippen LogP) is 2.09. The van der Waals surface area contributed by atoms with Gasteiger partial charge in [-0.25, -0.2) is 5.84 Å². The van der Waals surface area contributed by atoms with E-state index in [4.69, 9.17) is 29.0 Å². The molecule has 0 aliphatic carbocycles. The van der Waals surface area contributed by atoms with Crippen LogP contribution in [0, 0.1) is 0 Å². The van der Waals surface area contributed by atoms with Crippen LogP contribution in [0.25, 0.3) is 0 Å². The van der Waals surface area contributed by atoms with Gasteiger partial charge in [-0.3, -0.25) is 10.2 Å². The fraction of sp³-hybridized carbons (Fsp3) is 0.222. The first-order valence-electron chi connectivity index (χ1n) is 4.01. The molecule has 0 fully saturated rings. The Kier molecular flexibility index (Phi) is 3.75. The highest BCUT2D eigenvalue weighted by molar-refractivity contribution is 6.42. The number of nitrogens with one attached hydrogen (secondary N) is 1. The lowest BCUT2D eigenvalue weighted by atomic mass is 10.0. The molecule has 14 heavy (non-hydrogen) atoms. The maximum Gasteiger partial charge on any atom is 0.241 e. The van der Waals surface area contributed by atoms with Crippen molar-refractivity contribution in [2.24, 2.45) is 5.84 Å². The molecule has 3 nitrogen and oxygen atoms in total. The number of hydrogen-bond donors (Lipinski definition) is 2. The minimum Gasteiger partial charge on any atom is -0.294 e. The number of nitrogens with two attached hydrogens (primary N) is 1. The van der Waals surface area contributed by atoms with Crippen LogP contribution >= 0.6 is 23.2 Å². The highest BCUT2D eigenvalue weighted by Gasteiger charge is 2.14. The lowest BCUT2D eigenvalue weighted by Crippen LogP contribution is -2.33. The average Bonchev–Trinajstić information content (AvgIpc) is 2.20. The zero-order valence-electron chi connectivity index (χ0n) is 7.55. The second kappa shape index (κ2) is 4.64. The van der Waals surface area contributed by atoms with E-state index in [2.05, 4.69) is 5.43 Å². The van der Waals surface area contributed by atoms with Crippen molar-refractivity contribution in [1.82, 2.24) is 5.43 Å². The molecule has 0 aromatic heterocycles. The van der Waals surface area contributed by atoms with Gasteiger partial charge >= 0.3 is 0 Å². The van der Waals surface area contributed by atoms with Crippen LogP contribution in [0.3, 0.4) is 0 Å². The third kappa shape index (κ3) is 2.38. The smallest absolute Gasteiger partial charge is 0.241 e. The van der Waals surface area contributed by atoms with Crippen LogP contribution in [-0.4, -0.2) is 5.91 Å². The molecule has 0 radical (unpaired) electrons. The summed E-state index contributed by atoms with van der Waals surface area (Å²) in [6.07, 6.45) is 0. The van der Waals surface area contributed by atoms with Crippen LogP contribution in [0.5, 0.6) is 0 Å². The Morgan fingerprint density at radius 2 is 2.07 bits per heavy atom. The summed E-state index contributed by atoms with van der Waals surface area (Å²) in [6, 6.07) is 5.05. The van der Waals surface area contributed by atoms with Crippen LogP contribution < -0.4 is 11.3 Å². The van der Waals surface area contributed by atoms with Crippen molar-refractivity contribution in [3.63, 3.8) is 0 Å². The highest BCUT2D eigenvalue weighted by Crippen LogP contribution is 2.26. The molecule has 1 aromatic carbocycles. The molecule has 1 rings (SSSR count). The molecule has 0 spiro atoms. The standard InChI is InChI=1S/C9H10Cl2N2O/c1-5(9(14)13-12)6-2-3-7(10)8(11)4-6/h2-5H,12H2,1H3,(H,13,14). The minimum absolute atomic E-state index is 0.261. The van der Waals surface area contributed by atoms with Gasteiger partial charge < -0.3 is 0 Å². The molecule has 5 heteroatoms. The summed E-state index contributed by atoms with van der Waals surface area (Å²) in [5.41, 5.74) is 2.86. The number of hydrazine groups is 1. The largest absolute Gasteiger partial charge is 0.294 e. The zero-order chi connectivity index (χ0) is 10.7. The highest BCUT2D eigenvalue weighted by atomic mass is 35.5. The Morgan fingerprint density at radius 3 is 2.57 bits per heavy atom. The second-order valence-electron chi connectivity index (χ2n) is 2.90. The molecule has 0 aliphatic rings. The molecular formula is C9H10Cl2N2O. The van der Waals surface area contributed by atoms with Crippen molar-refractivity contribution in [2.45, 2.75) is 12.8 Å². The summed E-state index contributed by atoms with van der Waals surface area (Å²) in [4.78, 5) is 11.2. The number of amides is 1. The van der Waals surface area contributed by atoms with E-state index in [1.807, 2.05) is 0 Å². The molecular weight excluding hydrogens is 223 g/mol. The quantitative estimate of drug-likeness (QED) is 0.466. The summed E-state index contributed by atoms with van der Waals surface area (Å²) in [5.74, 6) is 4.42. The molecule has 0 aliphatic heterocycles. The number of halogens is 2. The number of rotatable bonds is 2. The van der Waals surface area contributed by atoms with Gasteiger partial charge in [-0.1, -0.05) is 29.3 Å². The van der Waals surface area contributed by atoms with E-state index in [9.17, 15) is 4.79 Å². The number of carbonyl (C=O) groups excluding carboxylic acids is 1. The molecule has 0 saturated heterocycles. The summed E-state index contributed by atoms with van der Waals surface area (Å²) < 4.78 is 0. The van der Waals surface area contributed by atoms with E-state index in [-0.39, 0.29) is 11.8 Å². The maximum atomic E-state index is 11.2. The van der Waals surface area contributed by atoms with E-state index in [1.54, 1.807) is 25.1 Å². The monoisotopic (exact) mass is 232 g/mol. The maximum absolute atomic E-state index is 11.2. The van der Waals surface area contributed by atoms with Crippen molar-refractivity contribution in [3.8, 4) is 0 Å². The lowest BCUT2D eigenvalue weighted by Gasteiger charge is -2.10. The minimum atomic E-state index is -0.338. The Balaban J connectivity index is 2.96. The van der Waals surface area contributed by atoms with Gasteiger partial charge in [0.25, 0.3) is 0 Å². The van der Waals surface area contributed by atoms with Crippen molar-refractivity contribution >= 4 is 29.1 Å². The van der Waals surface area contributed by atoms with E-state index in [1.165, 1.54) is 0 Å². The molecule has 76 valence electrons. The predicted molar refractivity (Wildman–Crippen MR) is 57.2 cm³/mol. The van der Waals surface area contributed by atoms with Crippen LogP contribution in [0.2, 0.25) is 10.0 Å². The Labute approximate surface area is 92.2 Å². The number of benzene rings is 1. The fourth-order valence-corrected chi connectivity index (χ4v) is 1.36. The van der Waals surface area contributed by atoms with Crippen molar-refractivity contribution in [1.29, 1.82) is 0 Å². The van der Waals surface area contributed by atoms with Crippen LogP contribution in [0.1, 0.15) is 18.4 Å². The number of carbonyl (C=O) groups is 1. The van der Waals surface area contributed by atoms with Crippen LogP contribution in [0.15, 0.2) is 18.2 Å². The van der Waals surface area contributed by atoms with Gasteiger partial charge in [-0.05, 0) is 24.6 Å². The van der Waals surface area contributed by atoms with Crippen molar-refractivity contribution in [2.75, 3.05) is 0 Å². The average molecular weight is 233 g/mol. The van der Waals surface area contributed by atoms with Gasteiger partial charge in [0.05, 0.1) is 16.0 Å². The summed E-state index contributed by atoms with van der Waals surface area (Å²) in [7, 11) is 0. The molecule has 0 saturated carbocycles. The molecule has 0 bridgehead atoms. The normalized spacial score (nSPS) is 12.3. The van der Waals surface area contributed by atoms with Gasteiger partial charge in [0.2, 0.25) is 5.91 Å². The Hall–Kier alpha value is -0.770. The Morgan fingerprint density at radius 1 is 1.43 bits per heavy atom. The summed E-state index contributed by atoms with van der Waals surface area (Å²) in [6.45, 7) is 1.74. The molecule has 1 atom stereocenters. The van der Waals surface area contributed by atoms with Gasteiger partial charge in [0.15, 0.2) is 0 Å². The molecule has 1 aromatic rings. The van der Waals surface area contributed by atoms with E-state index in [0.29, 0.717) is 10.0 Å². The van der Waals surface area contributed by atoms with Crippen LogP contribution in [-0.2, 0) is 4.79 Å². The molecule has 0 heterocycles. The van der Waals surface area contributed by atoms with E-state index < -0.39 is 0 Å². The van der Waals surface area contributed by atoms with Gasteiger partial charge in [0.1, 0.15) is 0 Å². The summed E-state index contributed by atoms with van der Waals surface area (Å²) >= 11 is 11.6. The van der Waals surface area contributed by atoms with Crippen LogP contribution in [0.4, 0.5) is 0 Å². The second-order valence-corrected chi connectivity index (χ2v) is 3.72. The lowest BCUT2D eigenvalue weighted by molar-refractivity contribution is -0.122. The first-order valence-corrected chi connectivity index (χ1v) is 4.77. The third-order valence-electron chi connectivity index (χ3n) is 1.98. The zero-order valence-corrected chi connectivity index (χ0v) is 9.06. The SMILES string of the molecule is CC(C(=O)NN)c1ccc(Cl)c(Cl)c1. The van der Waals surface area contributed by atoms with E-state index >= 15 is 0 Å². The van der Waals surface area contributed by atoms with E-state index in [0.717, 1.165) is 5.56 Å². The number of hydrogen-bond acceptors (Lipinski definition) is 2. The molecule has 1 unspecified atom stereocenters. The first-order chi connectivity index (χ1) is 6.56. The molecule has 3 N–H and O–H groups in total. The summed E-state index contributed by atoms with van der Waals surface area (Å²) in [5, 5.41) is 0.900. The fourth-order valence-electron chi connectivity index (χ4n) is 1.06.